The van der Waals surface area contributed by atoms with E-state index in [0.29, 0.717) is 0 Å². The Labute approximate surface area is 73.5 Å². The Morgan fingerprint density at radius 2 is 2.17 bits per heavy atom. The molecule has 0 aliphatic heterocycles. The molecule has 1 heterocycles. The van der Waals surface area contributed by atoms with Gasteiger partial charge in [0.25, 0.3) is 0 Å². The van der Waals surface area contributed by atoms with Crippen molar-refractivity contribution in [3.8, 4) is 0 Å². The molecule has 0 saturated heterocycles. The third-order valence-corrected chi connectivity index (χ3v) is 3.02. The average Bonchev–Trinajstić information content (AvgIpc) is 2.76. The fourth-order valence-electron chi connectivity index (χ4n) is 2.23. The van der Waals surface area contributed by atoms with Crippen LogP contribution < -0.4 is 0 Å². The van der Waals surface area contributed by atoms with Crippen molar-refractivity contribution >= 4 is 0 Å². The highest BCUT2D eigenvalue weighted by molar-refractivity contribution is 5.25. The summed E-state index contributed by atoms with van der Waals surface area (Å²) in [5.74, 6) is 0. The molecule has 2 rings (SSSR count). The van der Waals surface area contributed by atoms with E-state index in [9.17, 15) is 0 Å². The molecule has 1 aromatic rings. The maximum Gasteiger partial charge on any atom is 0.0280 e. The number of rotatable bonds is 2. The Morgan fingerprint density at radius 1 is 1.42 bits per heavy atom. The molecule has 0 spiro atoms. The van der Waals surface area contributed by atoms with Crippen molar-refractivity contribution in [3.63, 3.8) is 0 Å². The lowest BCUT2D eigenvalue weighted by Crippen LogP contribution is -2.18. The van der Waals surface area contributed by atoms with Crippen LogP contribution in [0.5, 0.6) is 0 Å². The topological polar surface area (TPSA) is 15.8 Å². The minimum absolute atomic E-state index is 0.267. The van der Waals surface area contributed by atoms with E-state index >= 15 is 0 Å². The van der Waals surface area contributed by atoms with Crippen molar-refractivity contribution < 1.29 is 0 Å². The van der Waals surface area contributed by atoms with Gasteiger partial charge in [-0.05, 0) is 25.0 Å². The SMILES string of the molecule is C=CC1(c2ccc[nH]2)CCCC1. The number of nitrogens with one attached hydrogen (secondary N) is 1. The van der Waals surface area contributed by atoms with Gasteiger partial charge in [-0.1, -0.05) is 18.9 Å². The number of aromatic nitrogens is 1. The molecule has 0 atom stereocenters. The first-order valence-corrected chi connectivity index (χ1v) is 4.65. The highest BCUT2D eigenvalue weighted by atomic mass is 14.7. The maximum atomic E-state index is 3.95. The summed E-state index contributed by atoms with van der Waals surface area (Å²) in [6.07, 6.45) is 9.31. The van der Waals surface area contributed by atoms with Crippen molar-refractivity contribution in [1.29, 1.82) is 0 Å². The summed E-state index contributed by atoms with van der Waals surface area (Å²) in [5.41, 5.74) is 1.61. The molecule has 1 saturated carbocycles. The molecule has 1 aliphatic rings. The lowest BCUT2D eigenvalue weighted by molar-refractivity contribution is 0.544. The summed E-state index contributed by atoms with van der Waals surface area (Å²) in [5, 5.41) is 0. The first-order chi connectivity index (χ1) is 5.87. The second-order valence-corrected chi connectivity index (χ2v) is 3.65. The van der Waals surface area contributed by atoms with Gasteiger partial charge >= 0.3 is 0 Å². The molecule has 1 N–H and O–H groups in total. The van der Waals surface area contributed by atoms with Gasteiger partial charge in [0.2, 0.25) is 0 Å². The first kappa shape index (κ1) is 7.66. The largest absolute Gasteiger partial charge is 0.364 e. The van der Waals surface area contributed by atoms with Crippen LogP contribution in [0.15, 0.2) is 31.0 Å². The normalized spacial score (nSPS) is 21.0. The van der Waals surface area contributed by atoms with Crippen molar-refractivity contribution in [2.75, 3.05) is 0 Å². The minimum Gasteiger partial charge on any atom is -0.364 e. The maximum absolute atomic E-state index is 3.95. The van der Waals surface area contributed by atoms with Crippen molar-refractivity contribution in [3.05, 3.63) is 36.7 Å². The zero-order valence-corrected chi connectivity index (χ0v) is 7.34. The van der Waals surface area contributed by atoms with Gasteiger partial charge in [-0.3, -0.25) is 0 Å². The number of H-pyrrole nitrogens is 1. The van der Waals surface area contributed by atoms with Gasteiger partial charge in [0.05, 0.1) is 0 Å². The molecule has 12 heavy (non-hydrogen) atoms. The Balaban J connectivity index is 2.34. The van der Waals surface area contributed by atoms with E-state index in [0.717, 1.165) is 0 Å². The molecule has 0 bridgehead atoms. The third kappa shape index (κ3) is 1.01. The van der Waals surface area contributed by atoms with Crippen LogP contribution in [-0.4, -0.2) is 4.98 Å². The molecule has 1 aliphatic carbocycles. The monoisotopic (exact) mass is 161 g/mol. The summed E-state index contributed by atoms with van der Waals surface area (Å²) < 4.78 is 0. The predicted octanol–water partition coefficient (Wildman–Crippen LogP) is 3.01. The summed E-state index contributed by atoms with van der Waals surface area (Å²) in [6.45, 7) is 3.95. The molecule has 1 aromatic heterocycles. The van der Waals surface area contributed by atoms with E-state index in [1.807, 2.05) is 6.20 Å². The van der Waals surface area contributed by atoms with Crippen LogP contribution in [0.2, 0.25) is 0 Å². The minimum atomic E-state index is 0.267. The molecule has 1 heteroatoms. The van der Waals surface area contributed by atoms with E-state index in [-0.39, 0.29) is 5.41 Å². The highest BCUT2D eigenvalue weighted by Gasteiger charge is 2.32. The highest BCUT2D eigenvalue weighted by Crippen LogP contribution is 2.40. The Morgan fingerprint density at radius 3 is 2.67 bits per heavy atom. The van der Waals surface area contributed by atoms with Crippen LogP contribution in [-0.2, 0) is 5.41 Å². The first-order valence-electron chi connectivity index (χ1n) is 4.65. The van der Waals surface area contributed by atoms with Gasteiger partial charge < -0.3 is 4.98 Å². The van der Waals surface area contributed by atoms with Gasteiger partial charge in [-0.25, -0.2) is 0 Å². The molecule has 0 radical (unpaired) electrons. The van der Waals surface area contributed by atoms with E-state index in [2.05, 4.69) is 29.8 Å². The Hall–Kier alpha value is -0.980. The lowest BCUT2D eigenvalue weighted by Gasteiger charge is -2.23. The number of aromatic amines is 1. The van der Waals surface area contributed by atoms with Crippen LogP contribution in [0, 0.1) is 0 Å². The smallest absolute Gasteiger partial charge is 0.0280 e. The fraction of sp³-hybridized carbons (Fsp3) is 0.455. The second-order valence-electron chi connectivity index (χ2n) is 3.65. The standard InChI is InChI=1S/C11H15N/c1-2-11(7-3-4-8-11)10-6-5-9-12-10/h2,5-6,9,12H,1,3-4,7-8H2. The van der Waals surface area contributed by atoms with Gasteiger partial charge in [0, 0.05) is 17.3 Å². The molecular weight excluding hydrogens is 146 g/mol. The Bertz CT molecular complexity index is 253. The molecule has 1 fully saturated rings. The van der Waals surface area contributed by atoms with Crippen molar-refractivity contribution in [2.45, 2.75) is 31.1 Å². The van der Waals surface area contributed by atoms with Crippen LogP contribution in [0.3, 0.4) is 0 Å². The van der Waals surface area contributed by atoms with Gasteiger partial charge in [0.1, 0.15) is 0 Å². The van der Waals surface area contributed by atoms with Crippen LogP contribution in [0.25, 0.3) is 0 Å². The zero-order valence-electron chi connectivity index (χ0n) is 7.34. The van der Waals surface area contributed by atoms with Gasteiger partial charge in [-0.2, -0.15) is 0 Å². The van der Waals surface area contributed by atoms with E-state index < -0.39 is 0 Å². The molecule has 64 valence electrons. The quantitative estimate of drug-likeness (QED) is 0.642. The van der Waals surface area contributed by atoms with Crippen molar-refractivity contribution in [1.82, 2.24) is 4.98 Å². The molecular formula is C11H15N. The second kappa shape index (κ2) is 2.81. The lowest BCUT2D eigenvalue weighted by atomic mass is 9.83. The Kier molecular flexibility index (Phi) is 1.80. The van der Waals surface area contributed by atoms with Crippen LogP contribution >= 0.6 is 0 Å². The molecule has 0 aromatic carbocycles. The summed E-state index contributed by atoms with van der Waals surface area (Å²) in [4.78, 5) is 3.30. The fourth-order valence-corrected chi connectivity index (χ4v) is 2.23. The average molecular weight is 161 g/mol. The summed E-state index contributed by atoms with van der Waals surface area (Å²) in [7, 11) is 0. The number of allylic oxidation sites excluding steroid dienone is 1. The predicted molar refractivity (Wildman–Crippen MR) is 51.1 cm³/mol. The third-order valence-electron chi connectivity index (χ3n) is 3.02. The van der Waals surface area contributed by atoms with E-state index in [1.165, 1.54) is 31.4 Å². The summed E-state index contributed by atoms with van der Waals surface area (Å²) >= 11 is 0. The summed E-state index contributed by atoms with van der Waals surface area (Å²) in [6, 6.07) is 4.24. The van der Waals surface area contributed by atoms with Gasteiger partial charge in [-0.15, -0.1) is 6.58 Å². The van der Waals surface area contributed by atoms with Crippen LogP contribution in [0.4, 0.5) is 0 Å². The number of hydrogen-bond donors (Lipinski definition) is 1. The van der Waals surface area contributed by atoms with Gasteiger partial charge in [0.15, 0.2) is 0 Å². The zero-order chi connectivity index (χ0) is 8.44. The van der Waals surface area contributed by atoms with E-state index in [1.54, 1.807) is 0 Å². The van der Waals surface area contributed by atoms with Crippen molar-refractivity contribution in [2.24, 2.45) is 0 Å². The van der Waals surface area contributed by atoms with Crippen LogP contribution in [0.1, 0.15) is 31.4 Å². The number of hydrogen-bond acceptors (Lipinski definition) is 0. The molecule has 0 amide bonds. The van der Waals surface area contributed by atoms with E-state index in [4.69, 9.17) is 0 Å². The molecule has 0 unspecified atom stereocenters. The molecule has 1 nitrogen and oxygen atoms in total.